The Hall–Kier alpha value is -3.91. The van der Waals surface area contributed by atoms with Crippen LogP contribution < -0.4 is 4.90 Å². The number of para-hydroxylation sites is 2. The van der Waals surface area contributed by atoms with Gasteiger partial charge >= 0.3 is 5.91 Å². The molecule has 1 unspecified atom stereocenters. The summed E-state index contributed by atoms with van der Waals surface area (Å²) in [6, 6.07) is 17.7. The summed E-state index contributed by atoms with van der Waals surface area (Å²) in [7, 11) is 0. The number of nitrogens with zero attached hydrogens (tertiary/aromatic N) is 2. The number of anilines is 1. The minimum atomic E-state index is -0.935. The molecule has 164 valence electrons. The van der Waals surface area contributed by atoms with Gasteiger partial charge in [0.25, 0.3) is 5.78 Å². The Bertz CT molecular complexity index is 1420. The average molecular weight is 504 g/mol. The Morgan fingerprint density at radius 2 is 1.79 bits per heavy atom. The maximum atomic E-state index is 13.2. The first kappa shape index (κ1) is 21.0. The normalized spacial score (nSPS) is 17.8. The number of carbonyl (C=O) groups excluding carboxylic acids is 2. The van der Waals surface area contributed by atoms with Gasteiger partial charge in [-0.3, -0.25) is 14.5 Å². The Kier molecular flexibility index (Phi) is 5.02. The molecule has 7 nitrogen and oxygen atoms in total. The lowest BCUT2D eigenvalue weighted by atomic mass is 9.95. The van der Waals surface area contributed by atoms with Gasteiger partial charge in [-0.2, -0.15) is 0 Å². The first-order valence-corrected chi connectivity index (χ1v) is 11.0. The molecule has 1 aromatic heterocycles. The van der Waals surface area contributed by atoms with E-state index < -0.39 is 17.7 Å². The molecule has 1 aliphatic heterocycles. The summed E-state index contributed by atoms with van der Waals surface area (Å²) >= 11 is 3.43. The highest BCUT2D eigenvalue weighted by molar-refractivity contribution is 9.10. The van der Waals surface area contributed by atoms with Crippen molar-refractivity contribution >= 4 is 50.4 Å². The van der Waals surface area contributed by atoms with E-state index in [1.807, 2.05) is 25.1 Å². The molecule has 0 aliphatic carbocycles. The van der Waals surface area contributed by atoms with Crippen LogP contribution in [0.3, 0.4) is 0 Å². The van der Waals surface area contributed by atoms with E-state index in [1.54, 1.807) is 36.4 Å². The third-order valence-corrected chi connectivity index (χ3v) is 6.58. The summed E-state index contributed by atoms with van der Waals surface area (Å²) in [5.74, 6) is -1.65. The molecule has 2 heterocycles. The first-order valence-electron chi connectivity index (χ1n) is 10.2. The number of H-pyrrole nitrogens is 1. The number of ketones is 1. The molecule has 1 fully saturated rings. The van der Waals surface area contributed by atoms with Crippen LogP contribution in [0.25, 0.3) is 16.8 Å². The van der Waals surface area contributed by atoms with Gasteiger partial charge in [-0.15, -0.1) is 0 Å². The molecule has 1 atom stereocenters. The van der Waals surface area contributed by atoms with Crippen LogP contribution in [0.15, 0.2) is 76.8 Å². The number of Topliss-reactive ketones (excluding diaryl/α,β-unsaturated/α-hetero) is 1. The van der Waals surface area contributed by atoms with Gasteiger partial charge in [-0.25, -0.2) is 4.98 Å². The number of fused-ring (bicyclic) bond motifs is 1. The number of benzene rings is 3. The van der Waals surface area contributed by atoms with Crippen molar-refractivity contribution in [1.82, 2.24) is 9.97 Å². The molecular weight excluding hydrogens is 486 g/mol. The largest absolute Gasteiger partial charge is 0.508 e. The molecular formula is C25H18BrN3O4. The van der Waals surface area contributed by atoms with Gasteiger partial charge < -0.3 is 15.2 Å². The number of halogens is 1. The number of carbonyl (C=O) groups is 2. The van der Waals surface area contributed by atoms with E-state index in [1.165, 1.54) is 17.0 Å². The van der Waals surface area contributed by atoms with Crippen LogP contribution in [0, 0.1) is 6.92 Å². The summed E-state index contributed by atoms with van der Waals surface area (Å²) in [4.78, 5) is 35.3. The lowest BCUT2D eigenvalue weighted by molar-refractivity contribution is -0.132. The van der Waals surface area contributed by atoms with Gasteiger partial charge in [0.1, 0.15) is 11.5 Å². The van der Waals surface area contributed by atoms with Gasteiger partial charge in [-0.1, -0.05) is 46.3 Å². The number of hydrogen-bond acceptors (Lipinski definition) is 5. The van der Waals surface area contributed by atoms with Crippen molar-refractivity contribution in [3.63, 3.8) is 0 Å². The minimum absolute atomic E-state index is 0.0444. The van der Waals surface area contributed by atoms with Crippen LogP contribution in [0.4, 0.5) is 5.95 Å². The maximum absolute atomic E-state index is 13.2. The van der Waals surface area contributed by atoms with Crippen LogP contribution in [-0.2, 0) is 9.59 Å². The fraction of sp³-hybridized carbons (Fsp3) is 0.0800. The van der Waals surface area contributed by atoms with Crippen molar-refractivity contribution < 1.29 is 19.8 Å². The SMILES string of the molecule is Cc1cc(/C(O)=C2\C(=O)C(=O)N(c3nc4ccccc4[nH]3)C2c2ccc(O)cc2)ccc1Br. The molecule has 33 heavy (non-hydrogen) atoms. The molecule has 1 aliphatic rings. The molecule has 4 aromatic rings. The van der Waals surface area contributed by atoms with Crippen molar-refractivity contribution in [2.45, 2.75) is 13.0 Å². The number of amides is 1. The molecule has 8 heteroatoms. The number of aliphatic hydroxyl groups is 1. The lowest BCUT2D eigenvalue weighted by Crippen LogP contribution is -2.30. The van der Waals surface area contributed by atoms with Crippen molar-refractivity contribution in [3.8, 4) is 5.75 Å². The van der Waals surface area contributed by atoms with Crippen LogP contribution in [0.1, 0.15) is 22.7 Å². The van der Waals surface area contributed by atoms with Gasteiger partial charge in [0, 0.05) is 10.0 Å². The summed E-state index contributed by atoms with van der Waals surface area (Å²) in [6.45, 7) is 1.87. The van der Waals surface area contributed by atoms with E-state index in [0.717, 1.165) is 10.0 Å². The summed E-state index contributed by atoms with van der Waals surface area (Å²) in [5, 5.41) is 21.0. The maximum Gasteiger partial charge on any atom is 0.302 e. The van der Waals surface area contributed by atoms with Crippen LogP contribution >= 0.6 is 15.9 Å². The van der Waals surface area contributed by atoms with Crippen molar-refractivity contribution in [2.75, 3.05) is 4.90 Å². The van der Waals surface area contributed by atoms with Gasteiger partial charge in [0.05, 0.1) is 22.6 Å². The lowest BCUT2D eigenvalue weighted by Gasteiger charge is -2.23. The number of hydrogen-bond donors (Lipinski definition) is 3. The van der Waals surface area contributed by atoms with Crippen LogP contribution in [0.2, 0.25) is 0 Å². The number of aromatic hydroxyl groups is 1. The number of aliphatic hydroxyl groups excluding tert-OH is 1. The second-order valence-corrected chi connectivity index (χ2v) is 8.66. The third-order valence-electron chi connectivity index (χ3n) is 5.69. The number of imidazole rings is 1. The van der Waals surface area contributed by atoms with Crippen molar-refractivity contribution in [2.24, 2.45) is 0 Å². The molecule has 3 N–H and O–H groups in total. The van der Waals surface area contributed by atoms with E-state index in [2.05, 4.69) is 25.9 Å². The number of nitrogens with one attached hydrogen (secondary N) is 1. The van der Waals surface area contributed by atoms with Gasteiger partial charge in [0.15, 0.2) is 0 Å². The molecule has 3 aromatic carbocycles. The highest BCUT2D eigenvalue weighted by Crippen LogP contribution is 2.42. The van der Waals surface area contributed by atoms with Gasteiger partial charge in [0.2, 0.25) is 5.95 Å². The second kappa shape index (κ2) is 7.90. The zero-order valence-electron chi connectivity index (χ0n) is 17.4. The van der Waals surface area contributed by atoms with Crippen molar-refractivity contribution in [1.29, 1.82) is 0 Å². The molecule has 1 saturated heterocycles. The average Bonchev–Trinajstić information content (AvgIpc) is 3.34. The molecule has 1 amide bonds. The second-order valence-electron chi connectivity index (χ2n) is 7.80. The fourth-order valence-corrected chi connectivity index (χ4v) is 4.27. The smallest absolute Gasteiger partial charge is 0.302 e. The monoisotopic (exact) mass is 503 g/mol. The number of aromatic nitrogens is 2. The van der Waals surface area contributed by atoms with Crippen LogP contribution in [-0.4, -0.2) is 31.9 Å². The van der Waals surface area contributed by atoms with E-state index in [0.29, 0.717) is 22.2 Å². The Balaban J connectivity index is 1.74. The van der Waals surface area contributed by atoms with Crippen LogP contribution in [0.5, 0.6) is 5.75 Å². The predicted octanol–water partition coefficient (Wildman–Crippen LogP) is 4.97. The summed E-state index contributed by atoms with van der Waals surface area (Å²) in [5.41, 5.74) is 3.13. The first-order chi connectivity index (χ1) is 15.8. The number of phenols is 1. The van der Waals surface area contributed by atoms with E-state index in [9.17, 15) is 19.8 Å². The Morgan fingerprint density at radius 3 is 2.48 bits per heavy atom. The van der Waals surface area contributed by atoms with E-state index >= 15 is 0 Å². The molecule has 5 rings (SSSR count). The number of aromatic amines is 1. The minimum Gasteiger partial charge on any atom is -0.508 e. The summed E-state index contributed by atoms with van der Waals surface area (Å²) < 4.78 is 0.858. The predicted molar refractivity (Wildman–Crippen MR) is 128 cm³/mol. The summed E-state index contributed by atoms with van der Waals surface area (Å²) in [6.07, 6.45) is 0. The van der Waals surface area contributed by atoms with E-state index in [-0.39, 0.29) is 23.0 Å². The van der Waals surface area contributed by atoms with Crippen molar-refractivity contribution in [3.05, 3.63) is 93.5 Å². The number of rotatable bonds is 3. The Morgan fingerprint density at radius 1 is 1.06 bits per heavy atom. The highest BCUT2D eigenvalue weighted by Gasteiger charge is 2.48. The molecule has 0 spiro atoms. The zero-order chi connectivity index (χ0) is 23.3. The van der Waals surface area contributed by atoms with Gasteiger partial charge in [-0.05, 0) is 54.4 Å². The number of phenolic OH excluding ortho intramolecular Hbond substituents is 1. The molecule has 0 radical (unpaired) electrons. The standard InChI is InChI=1S/C25H18BrN3O4/c1-13-12-15(8-11-17(13)26)22(31)20-21(14-6-9-16(30)10-7-14)29(24(33)23(20)32)25-27-18-4-2-3-5-19(18)28-25/h2-12,21,30-31H,1H3,(H,27,28)/b22-20+. The third kappa shape index (κ3) is 3.48. The topological polar surface area (TPSA) is 107 Å². The Labute approximate surface area is 197 Å². The number of aryl methyl sites for hydroxylation is 1. The zero-order valence-corrected chi connectivity index (χ0v) is 19.0. The van der Waals surface area contributed by atoms with E-state index in [4.69, 9.17) is 0 Å². The quantitative estimate of drug-likeness (QED) is 0.208. The molecule has 0 bridgehead atoms. The fourth-order valence-electron chi connectivity index (χ4n) is 4.02. The molecule has 0 saturated carbocycles. The highest BCUT2D eigenvalue weighted by atomic mass is 79.9.